The smallest absolute Gasteiger partial charge is 0.262 e. The van der Waals surface area contributed by atoms with Gasteiger partial charge < -0.3 is 4.90 Å². The number of nitrogens with zero attached hydrogens (tertiary/aromatic N) is 3. The van der Waals surface area contributed by atoms with Crippen LogP contribution >= 0.6 is 11.3 Å². The Morgan fingerprint density at radius 2 is 1.93 bits per heavy atom. The zero-order valence-electron chi connectivity index (χ0n) is 17.9. The molecule has 0 aliphatic heterocycles. The molecule has 1 atom stereocenters. The van der Waals surface area contributed by atoms with Gasteiger partial charge in [0.1, 0.15) is 10.7 Å². The lowest BCUT2D eigenvalue weighted by atomic mass is 9.72. The third-order valence-corrected chi connectivity index (χ3v) is 7.47. The quantitative estimate of drug-likeness (QED) is 0.729. The van der Waals surface area contributed by atoms with Gasteiger partial charge in [-0.3, -0.25) is 9.36 Å². The zero-order chi connectivity index (χ0) is 19.8. The van der Waals surface area contributed by atoms with Crippen LogP contribution in [0.3, 0.4) is 0 Å². The highest BCUT2D eigenvalue weighted by atomic mass is 32.1. The van der Waals surface area contributed by atoms with Crippen LogP contribution in [-0.2, 0) is 25.8 Å². The lowest BCUT2D eigenvalue weighted by Crippen LogP contribution is -2.33. The van der Waals surface area contributed by atoms with E-state index in [4.69, 9.17) is 4.98 Å². The van der Waals surface area contributed by atoms with Gasteiger partial charge in [0.05, 0.1) is 5.39 Å². The van der Waals surface area contributed by atoms with Gasteiger partial charge in [-0.1, -0.05) is 41.5 Å². The Morgan fingerprint density at radius 1 is 1.22 bits per heavy atom. The van der Waals surface area contributed by atoms with Crippen molar-refractivity contribution in [2.75, 3.05) is 19.6 Å². The van der Waals surface area contributed by atoms with Crippen LogP contribution in [0, 0.1) is 11.3 Å². The van der Waals surface area contributed by atoms with Crippen molar-refractivity contribution in [2.45, 2.75) is 73.8 Å². The largest absolute Gasteiger partial charge is 0.302 e. The monoisotopic (exact) mass is 389 g/mol. The molecule has 0 fully saturated rings. The molecule has 1 aliphatic rings. The summed E-state index contributed by atoms with van der Waals surface area (Å²) in [5, 5.41) is 0.916. The third kappa shape index (κ3) is 4.00. The number of likely N-dealkylation sites (N-methyl/N-ethyl adjacent to an activating group) is 1. The third-order valence-electron chi connectivity index (χ3n) is 6.32. The number of hydrogen-bond donors (Lipinski definition) is 0. The molecular formula is C22H35N3OS. The van der Waals surface area contributed by atoms with E-state index in [9.17, 15) is 4.79 Å². The molecule has 2 aromatic heterocycles. The van der Waals surface area contributed by atoms with Gasteiger partial charge >= 0.3 is 0 Å². The van der Waals surface area contributed by atoms with Gasteiger partial charge in [-0.05, 0) is 49.2 Å². The fourth-order valence-corrected chi connectivity index (χ4v) is 5.63. The number of aryl methyl sites for hydroxylation is 2. The summed E-state index contributed by atoms with van der Waals surface area (Å²) in [6.07, 6.45) is 4.10. The van der Waals surface area contributed by atoms with Crippen LogP contribution in [0.1, 0.15) is 64.2 Å². The minimum absolute atomic E-state index is 0.190. The Bertz CT molecular complexity index is 855. The molecule has 2 aromatic rings. The summed E-state index contributed by atoms with van der Waals surface area (Å²) in [6.45, 7) is 17.1. The predicted octanol–water partition coefficient (Wildman–Crippen LogP) is 4.51. The van der Waals surface area contributed by atoms with Gasteiger partial charge in [0, 0.05) is 24.4 Å². The van der Waals surface area contributed by atoms with Crippen LogP contribution in [0.25, 0.3) is 10.2 Å². The van der Waals surface area contributed by atoms with E-state index in [2.05, 4.69) is 46.4 Å². The van der Waals surface area contributed by atoms with Gasteiger partial charge in [0.25, 0.3) is 5.56 Å². The van der Waals surface area contributed by atoms with E-state index in [1.807, 2.05) is 4.57 Å². The highest BCUT2D eigenvalue weighted by Crippen LogP contribution is 2.42. The molecule has 1 unspecified atom stereocenters. The van der Waals surface area contributed by atoms with E-state index in [0.717, 1.165) is 61.5 Å². The van der Waals surface area contributed by atoms with Crippen molar-refractivity contribution in [3.8, 4) is 0 Å². The second kappa shape index (κ2) is 8.04. The van der Waals surface area contributed by atoms with E-state index >= 15 is 0 Å². The first-order chi connectivity index (χ1) is 12.8. The maximum atomic E-state index is 13.4. The van der Waals surface area contributed by atoms with Gasteiger partial charge in [-0.2, -0.15) is 0 Å². The lowest BCUT2D eigenvalue weighted by molar-refractivity contribution is 0.218. The lowest BCUT2D eigenvalue weighted by Gasteiger charge is -2.33. The van der Waals surface area contributed by atoms with Crippen LogP contribution in [0.4, 0.5) is 0 Å². The highest BCUT2D eigenvalue weighted by Gasteiger charge is 2.32. The van der Waals surface area contributed by atoms with Crippen molar-refractivity contribution < 1.29 is 0 Å². The topological polar surface area (TPSA) is 38.1 Å². The van der Waals surface area contributed by atoms with Crippen LogP contribution in [0.2, 0.25) is 0 Å². The van der Waals surface area contributed by atoms with Crippen molar-refractivity contribution in [2.24, 2.45) is 11.3 Å². The van der Waals surface area contributed by atoms with Crippen molar-refractivity contribution in [3.63, 3.8) is 0 Å². The summed E-state index contributed by atoms with van der Waals surface area (Å²) in [6, 6.07) is 0. The Morgan fingerprint density at radius 3 is 2.52 bits per heavy atom. The zero-order valence-corrected chi connectivity index (χ0v) is 18.7. The molecule has 4 nitrogen and oxygen atoms in total. The molecule has 0 N–H and O–H groups in total. The number of hydrogen-bond acceptors (Lipinski definition) is 4. The maximum Gasteiger partial charge on any atom is 0.262 e. The van der Waals surface area contributed by atoms with E-state index in [1.54, 1.807) is 11.3 Å². The van der Waals surface area contributed by atoms with Crippen LogP contribution in [0.15, 0.2) is 4.79 Å². The molecule has 1 aliphatic carbocycles. The van der Waals surface area contributed by atoms with E-state index in [0.29, 0.717) is 11.3 Å². The first-order valence-corrected chi connectivity index (χ1v) is 11.4. The summed E-state index contributed by atoms with van der Waals surface area (Å²) < 4.78 is 1.95. The van der Waals surface area contributed by atoms with Crippen LogP contribution < -0.4 is 5.56 Å². The molecule has 0 saturated carbocycles. The van der Waals surface area contributed by atoms with E-state index in [-0.39, 0.29) is 5.56 Å². The normalized spacial score (nSPS) is 17.7. The molecule has 0 aromatic carbocycles. The molecule has 0 amide bonds. The number of thiophene rings is 1. The van der Waals surface area contributed by atoms with E-state index in [1.165, 1.54) is 16.9 Å². The fourth-order valence-electron chi connectivity index (χ4n) is 4.32. The molecule has 0 spiro atoms. The molecule has 150 valence electrons. The Hall–Kier alpha value is -1.20. The van der Waals surface area contributed by atoms with Crippen LogP contribution in [-0.4, -0.2) is 34.1 Å². The minimum atomic E-state index is 0.190. The molecule has 5 heteroatoms. The number of aromatic nitrogens is 2. The molecule has 3 rings (SSSR count). The summed E-state index contributed by atoms with van der Waals surface area (Å²) in [5.41, 5.74) is 1.81. The highest BCUT2D eigenvalue weighted by molar-refractivity contribution is 7.18. The average molecular weight is 390 g/mol. The summed E-state index contributed by atoms with van der Waals surface area (Å²) in [5.74, 6) is 1.62. The second-order valence-electron chi connectivity index (χ2n) is 8.85. The van der Waals surface area contributed by atoms with Gasteiger partial charge in [0.15, 0.2) is 0 Å². The maximum absolute atomic E-state index is 13.4. The van der Waals surface area contributed by atoms with Crippen LogP contribution in [0.5, 0.6) is 0 Å². The Kier molecular flexibility index (Phi) is 6.11. The summed E-state index contributed by atoms with van der Waals surface area (Å²) >= 11 is 1.77. The Balaban J connectivity index is 2.02. The molecule has 27 heavy (non-hydrogen) atoms. The van der Waals surface area contributed by atoms with Crippen molar-refractivity contribution in [1.29, 1.82) is 0 Å². The number of rotatable bonds is 6. The van der Waals surface area contributed by atoms with Crippen molar-refractivity contribution >= 4 is 21.6 Å². The average Bonchev–Trinajstić information content (AvgIpc) is 3.00. The standard InChI is InChI=1S/C22H35N3OS/c1-7-18-23-20-19(21(26)25(18)13-12-24(8-2)9-3)16-11-10-15(22(4,5)6)14-17(16)27-20/h15H,7-14H2,1-6H3. The van der Waals surface area contributed by atoms with Gasteiger partial charge in [0.2, 0.25) is 0 Å². The SMILES string of the molecule is CCc1nc2sc3c(c2c(=O)n1CCN(CC)CC)CCC(C(C)(C)C)C3. The minimum Gasteiger partial charge on any atom is -0.302 e. The summed E-state index contributed by atoms with van der Waals surface area (Å²) in [4.78, 5) is 23.1. The first kappa shape index (κ1) is 20.5. The molecule has 0 saturated heterocycles. The molecular weight excluding hydrogens is 354 g/mol. The van der Waals surface area contributed by atoms with E-state index < -0.39 is 0 Å². The predicted molar refractivity (Wildman–Crippen MR) is 116 cm³/mol. The molecule has 0 bridgehead atoms. The van der Waals surface area contributed by atoms with Gasteiger partial charge in [-0.15, -0.1) is 11.3 Å². The van der Waals surface area contributed by atoms with Crippen molar-refractivity contribution in [1.82, 2.24) is 14.5 Å². The van der Waals surface area contributed by atoms with Gasteiger partial charge in [-0.25, -0.2) is 4.98 Å². The molecule has 2 heterocycles. The Labute approximate surface area is 167 Å². The van der Waals surface area contributed by atoms with Crippen molar-refractivity contribution in [3.05, 3.63) is 26.6 Å². The fraction of sp³-hybridized carbons (Fsp3) is 0.727. The second-order valence-corrected chi connectivity index (χ2v) is 9.94. The first-order valence-electron chi connectivity index (χ1n) is 10.6. The summed E-state index contributed by atoms with van der Waals surface area (Å²) in [7, 11) is 0. The number of fused-ring (bicyclic) bond motifs is 3. The molecule has 0 radical (unpaired) electrons.